The Morgan fingerprint density at radius 3 is 2.64 bits per heavy atom. The SMILES string of the molecule is CN(CC(=O)Nc1ccc(F)c(F)c1)Cc1cccc(Cl)c1. The molecule has 0 saturated heterocycles. The van der Waals surface area contributed by atoms with Crippen molar-refractivity contribution in [2.45, 2.75) is 6.54 Å². The van der Waals surface area contributed by atoms with E-state index in [1.165, 1.54) is 6.07 Å². The summed E-state index contributed by atoms with van der Waals surface area (Å²) in [4.78, 5) is 13.7. The van der Waals surface area contributed by atoms with Gasteiger partial charge in [-0.1, -0.05) is 23.7 Å². The normalized spacial score (nSPS) is 10.8. The standard InChI is InChI=1S/C16H15ClF2N2O/c1-21(9-11-3-2-4-12(17)7-11)10-16(22)20-13-5-6-14(18)15(19)8-13/h2-8H,9-10H2,1H3,(H,20,22). The maximum absolute atomic E-state index is 13.1. The first-order valence-electron chi connectivity index (χ1n) is 6.62. The van der Waals surface area contributed by atoms with Crippen LogP contribution in [0.1, 0.15) is 5.56 Å². The summed E-state index contributed by atoms with van der Waals surface area (Å²) in [6, 6.07) is 10.6. The van der Waals surface area contributed by atoms with E-state index in [0.717, 1.165) is 17.7 Å². The minimum Gasteiger partial charge on any atom is -0.325 e. The van der Waals surface area contributed by atoms with Gasteiger partial charge in [-0.2, -0.15) is 0 Å². The third-order valence-electron chi connectivity index (χ3n) is 2.96. The fourth-order valence-corrected chi connectivity index (χ4v) is 2.24. The predicted octanol–water partition coefficient (Wildman–Crippen LogP) is 3.69. The third kappa shape index (κ3) is 4.79. The molecule has 2 rings (SSSR count). The fraction of sp³-hybridized carbons (Fsp3) is 0.188. The van der Waals surface area contributed by atoms with Crippen LogP contribution in [-0.2, 0) is 11.3 Å². The zero-order valence-electron chi connectivity index (χ0n) is 11.9. The van der Waals surface area contributed by atoms with Gasteiger partial charge >= 0.3 is 0 Å². The van der Waals surface area contributed by atoms with Crippen molar-refractivity contribution < 1.29 is 13.6 Å². The van der Waals surface area contributed by atoms with E-state index in [-0.39, 0.29) is 18.1 Å². The Morgan fingerprint density at radius 1 is 1.18 bits per heavy atom. The average Bonchev–Trinajstić information content (AvgIpc) is 2.42. The number of benzene rings is 2. The Hall–Kier alpha value is -1.98. The molecule has 6 heteroatoms. The lowest BCUT2D eigenvalue weighted by Gasteiger charge is -2.16. The van der Waals surface area contributed by atoms with E-state index in [1.807, 2.05) is 18.2 Å². The molecule has 0 heterocycles. The van der Waals surface area contributed by atoms with Gasteiger partial charge < -0.3 is 5.32 Å². The maximum atomic E-state index is 13.1. The molecule has 0 fully saturated rings. The highest BCUT2D eigenvalue weighted by atomic mass is 35.5. The van der Waals surface area contributed by atoms with E-state index in [1.54, 1.807) is 18.0 Å². The van der Waals surface area contributed by atoms with E-state index in [4.69, 9.17) is 11.6 Å². The molecule has 0 bridgehead atoms. The van der Waals surface area contributed by atoms with E-state index in [0.29, 0.717) is 11.6 Å². The van der Waals surface area contributed by atoms with E-state index in [9.17, 15) is 13.6 Å². The van der Waals surface area contributed by atoms with Gasteiger partial charge in [-0.3, -0.25) is 9.69 Å². The second-order valence-electron chi connectivity index (χ2n) is 4.98. The summed E-state index contributed by atoms with van der Waals surface area (Å²) in [5.74, 6) is -2.25. The fourth-order valence-electron chi connectivity index (χ4n) is 2.02. The van der Waals surface area contributed by atoms with E-state index < -0.39 is 11.6 Å². The van der Waals surface area contributed by atoms with Gasteiger partial charge in [0.25, 0.3) is 0 Å². The molecular weight excluding hydrogens is 310 g/mol. The average molecular weight is 325 g/mol. The molecule has 0 aromatic heterocycles. The van der Waals surface area contributed by atoms with E-state index in [2.05, 4.69) is 5.32 Å². The first-order valence-corrected chi connectivity index (χ1v) is 7.00. The lowest BCUT2D eigenvalue weighted by atomic mass is 10.2. The van der Waals surface area contributed by atoms with Gasteiger partial charge in [-0.15, -0.1) is 0 Å². The monoisotopic (exact) mass is 324 g/mol. The first kappa shape index (κ1) is 16.4. The van der Waals surface area contributed by atoms with Crippen molar-refractivity contribution in [2.24, 2.45) is 0 Å². The van der Waals surface area contributed by atoms with Crippen LogP contribution in [-0.4, -0.2) is 24.4 Å². The first-order chi connectivity index (χ1) is 10.4. The minimum absolute atomic E-state index is 0.117. The summed E-state index contributed by atoms with van der Waals surface area (Å²) in [6.45, 7) is 0.664. The highest BCUT2D eigenvalue weighted by molar-refractivity contribution is 6.30. The number of carbonyl (C=O) groups is 1. The van der Waals surface area contributed by atoms with Crippen molar-refractivity contribution in [3.05, 3.63) is 64.7 Å². The lowest BCUT2D eigenvalue weighted by molar-refractivity contribution is -0.117. The molecule has 0 aliphatic carbocycles. The highest BCUT2D eigenvalue weighted by Gasteiger charge is 2.09. The van der Waals surface area contributed by atoms with Crippen molar-refractivity contribution >= 4 is 23.2 Å². The number of anilines is 1. The number of hydrogen-bond acceptors (Lipinski definition) is 2. The molecule has 1 N–H and O–H groups in total. The molecular formula is C16H15ClF2N2O. The molecule has 22 heavy (non-hydrogen) atoms. The van der Waals surface area contributed by atoms with Crippen LogP contribution in [0.3, 0.4) is 0 Å². The van der Waals surface area contributed by atoms with Gasteiger partial charge in [0.15, 0.2) is 11.6 Å². The Bertz CT molecular complexity index is 679. The van der Waals surface area contributed by atoms with Crippen LogP contribution in [0, 0.1) is 11.6 Å². The van der Waals surface area contributed by atoms with Crippen LogP contribution in [0.25, 0.3) is 0 Å². The number of carbonyl (C=O) groups excluding carboxylic acids is 1. The minimum atomic E-state index is -0.995. The van der Waals surface area contributed by atoms with Gasteiger partial charge in [-0.05, 0) is 36.9 Å². The molecule has 0 saturated carbocycles. The van der Waals surface area contributed by atoms with Gasteiger partial charge in [0, 0.05) is 23.3 Å². The summed E-state index contributed by atoms with van der Waals surface area (Å²) in [6.07, 6.45) is 0. The largest absolute Gasteiger partial charge is 0.325 e. The Kier molecular flexibility index (Phi) is 5.46. The predicted molar refractivity (Wildman–Crippen MR) is 82.8 cm³/mol. The molecule has 0 radical (unpaired) electrons. The second-order valence-corrected chi connectivity index (χ2v) is 5.42. The van der Waals surface area contributed by atoms with Crippen molar-refractivity contribution in [1.29, 1.82) is 0 Å². The van der Waals surface area contributed by atoms with Crippen molar-refractivity contribution in [1.82, 2.24) is 4.90 Å². The number of nitrogens with zero attached hydrogens (tertiary/aromatic N) is 1. The Labute approximate surface area is 132 Å². The maximum Gasteiger partial charge on any atom is 0.238 e. The molecule has 116 valence electrons. The molecule has 0 aliphatic heterocycles. The zero-order chi connectivity index (χ0) is 16.1. The van der Waals surface area contributed by atoms with Crippen LogP contribution in [0.2, 0.25) is 5.02 Å². The molecule has 3 nitrogen and oxygen atoms in total. The van der Waals surface area contributed by atoms with Gasteiger partial charge in [-0.25, -0.2) is 8.78 Å². The summed E-state index contributed by atoms with van der Waals surface area (Å²) in [5.41, 5.74) is 1.20. The van der Waals surface area contributed by atoms with Crippen LogP contribution in [0.15, 0.2) is 42.5 Å². The molecule has 2 aromatic carbocycles. The van der Waals surface area contributed by atoms with Gasteiger partial charge in [0.05, 0.1) is 6.54 Å². The molecule has 0 aliphatic rings. The van der Waals surface area contributed by atoms with Crippen LogP contribution >= 0.6 is 11.6 Å². The Balaban J connectivity index is 1.89. The van der Waals surface area contributed by atoms with Crippen molar-refractivity contribution in [3.8, 4) is 0 Å². The third-order valence-corrected chi connectivity index (χ3v) is 3.19. The van der Waals surface area contributed by atoms with Crippen LogP contribution in [0.5, 0.6) is 0 Å². The Morgan fingerprint density at radius 2 is 1.95 bits per heavy atom. The van der Waals surface area contributed by atoms with E-state index >= 15 is 0 Å². The summed E-state index contributed by atoms with van der Waals surface area (Å²) < 4.78 is 25.9. The lowest BCUT2D eigenvalue weighted by Crippen LogP contribution is -2.29. The van der Waals surface area contributed by atoms with Gasteiger partial charge in [0.1, 0.15) is 0 Å². The smallest absolute Gasteiger partial charge is 0.238 e. The zero-order valence-corrected chi connectivity index (χ0v) is 12.7. The van der Waals surface area contributed by atoms with Crippen LogP contribution < -0.4 is 5.32 Å². The molecule has 1 amide bonds. The molecule has 0 spiro atoms. The summed E-state index contributed by atoms with van der Waals surface area (Å²) in [7, 11) is 1.78. The number of rotatable bonds is 5. The summed E-state index contributed by atoms with van der Waals surface area (Å²) >= 11 is 5.90. The second kappa shape index (κ2) is 7.33. The number of likely N-dealkylation sites (N-methyl/N-ethyl adjacent to an activating group) is 1. The van der Waals surface area contributed by atoms with Crippen LogP contribution in [0.4, 0.5) is 14.5 Å². The molecule has 0 unspecified atom stereocenters. The number of hydrogen-bond donors (Lipinski definition) is 1. The van der Waals surface area contributed by atoms with Crippen molar-refractivity contribution in [2.75, 3.05) is 18.9 Å². The van der Waals surface area contributed by atoms with Crippen molar-refractivity contribution in [3.63, 3.8) is 0 Å². The van der Waals surface area contributed by atoms with Gasteiger partial charge in [0.2, 0.25) is 5.91 Å². The highest BCUT2D eigenvalue weighted by Crippen LogP contribution is 2.14. The molecule has 2 aromatic rings. The number of nitrogens with one attached hydrogen (secondary N) is 1. The quantitative estimate of drug-likeness (QED) is 0.909. The number of amides is 1. The molecule has 0 atom stereocenters. The number of halogens is 3. The summed E-state index contributed by atoms with van der Waals surface area (Å²) in [5, 5.41) is 3.16. The topological polar surface area (TPSA) is 32.3 Å².